The van der Waals surface area contributed by atoms with Crippen molar-refractivity contribution >= 4 is 17.9 Å². The molecule has 24 heavy (non-hydrogen) atoms. The van der Waals surface area contributed by atoms with Gasteiger partial charge in [0.2, 0.25) is 5.91 Å². The highest BCUT2D eigenvalue weighted by molar-refractivity contribution is 5.94. The summed E-state index contributed by atoms with van der Waals surface area (Å²) in [7, 11) is 1.60. The van der Waals surface area contributed by atoms with Crippen molar-refractivity contribution in [3.63, 3.8) is 0 Å². The minimum absolute atomic E-state index is 0.0377. The van der Waals surface area contributed by atoms with Gasteiger partial charge in [-0.3, -0.25) is 9.59 Å². The normalized spacial score (nSPS) is 10.3. The molecule has 0 fully saturated rings. The highest BCUT2D eigenvalue weighted by atomic mass is 16.5. The summed E-state index contributed by atoms with van der Waals surface area (Å²) in [5, 5.41) is 2.81. The summed E-state index contributed by atoms with van der Waals surface area (Å²) >= 11 is 0. The van der Waals surface area contributed by atoms with Gasteiger partial charge in [-0.25, -0.2) is 0 Å². The van der Waals surface area contributed by atoms with Gasteiger partial charge in [0.15, 0.2) is 0 Å². The van der Waals surface area contributed by atoms with Gasteiger partial charge in [-0.05, 0) is 49.7 Å². The Morgan fingerprint density at radius 3 is 2.46 bits per heavy atom. The van der Waals surface area contributed by atoms with E-state index >= 15 is 0 Å². The molecule has 5 heteroatoms. The number of ether oxygens (including phenoxy) is 2. The lowest BCUT2D eigenvalue weighted by Crippen LogP contribution is -2.16. The van der Waals surface area contributed by atoms with E-state index in [9.17, 15) is 9.59 Å². The van der Waals surface area contributed by atoms with E-state index in [0.29, 0.717) is 17.0 Å². The molecule has 2 aromatic rings. The third kappa shape index (κ3) is 4.84. The molecule has 0 aliphatic heterocycles. The van der Waals surface area contributed by atoms with Crippen molar-refractivity contribution in [2.24, 2.45) is 0 Å². The van der Waals surface area contributed by atoms with Crippen LogP contribution in [0.25, 0.3) is 0 Å². The molecule has 0 unspecified atom stereocenters. The Morgan fingerprint density at radius 1 is 1.17 bits per heavy atom. The Balaban J connectivity index is 2.12. The lowest BCUT2D eigenvalue weighted by atomic mass is 10.1. The van der Waals surface area contributed by atoms with E-state index < -0.39 is 0 Å². The summed E-state index contributed by atoms with van der Waals surface area (Å²) in [6.07, 6.45) is 0.915. The van der Waals surface area contributed by atoms with Crippen LogP contribution >= 0.6 is 0 Å². The quantitative estimate of drug-likeness (QED) is 0.791. The zero-order valence-electron chi connectivity index (χ0n) is 14.0. The first-order valence-corrected chi connectivity index (χ1v) is 7.70. The van der Waals surface area contributed by atoms with E-state index in [-0.39, 0.29) is 18.4 Å². The van der Waals surface area contributed by atoms with E-state index in [1.54, 1.807) is 25.3 Å². The Kier molecular flexibility index (Phi) is 5.95. The van der Waals surface area contributed by atoms with Crippen LogP contribution in [0.5, 0.6) is 11.5 Å². The number of aldehydes is 1. The van der Waals surface area contributed by atoms with Crippen molar-refractivity contribution in [2.75, 3.05) is 12.4 Å². The molecule has 0 saturated heterocycles. The van der Waals surface area contributed by atoms with Gasteiger partial charge in [-0.2, -0.15) is 0 Å². The van der Waals surface area contributed by atoms with E-state index in [0.717, 1.165) is 17.6 Å². The molecule has 0 bridgehead atoms. The maximum Gasteiger partial charge on any atom is 0.228 e. The zero-order valence-corrected chi connectivity index (χ0v) is 14.0. The maximum atomic E-state index is 12.3. The van der Waals surface area contributed by atoms with Crippen molar-refractivity contribution in [3.8, 4) is 11.5 Å². The van der Waals surface area contributed by atoms with Gasteiger partial charge in [0, 0.05) is 5.56 Å². The molecule has 0 heterocycles. The van der Waals surface area contributed by atoms with E-state index in [4.69, 9.17) is 9.47 Å². The highest BCUT2D eigenvalue weighted by Crippen LogP contribution is 2.26. The average Bonchev–Trinajstić information content (AvgIpc) is 2.56. The molecule has 0 aliphatic rings. The second-order valence-electron chi connectivity index (χ2n) is 5.61. The molecule has 1 amide bonds. The van der Waals surface area contributed by atoms with E-state index in [1.807, 2.05) is 38.1 Å². The predicted molar refractivity (Wildman–Crippen MR) is 92.9 cm³/mol. The van der Waals surface area contributed by atoms with Gasteiger partial charge < -0.3 is 14.8 Å². The third-order valence-electron chi connectivity index (χ3n) is 3.30. The summed E-state index contributed by atoms with van der Waals surface area (Å²) in [6, 6.07) is 12.2. The van der Waals surface area contributed by atoms with Crippen LogP contribution in [0.2, 0.25) is 0 Å². The van der Waals surface area contributed by atoms with Gasteiger partial charge in [-0.1, -0.05) is 12.1 Å². The number of nitrogens with one attached hydrogen (secondary N) is 1. The predicted octanol–water partition coefficient (Wildman–Crippen LogP) is 3.48. The van der Waals surface area contributed by atoms with Crippen LogP contribution in [-0.4, -0.2) is 25.4 Å². The van der Waals surface area contributed by atoms with E-state index in [2.05, 4.69) is 5.32 Å². The molecule has 2 rings (SSSR count). The van der Waals surface area contributed by atoms with Crippen LogP contribution in [0, 0.1) is 0 Å². The van der Waals surface area contributed by atoms with Gasteiger partial charge in [0.1, 0.15) is 17.8 Å². The van der Waals surface area contributed by atoms with Gasteiger partial charge >= 0.3 is 0 Å². The Morgan fingerprint density at radius 2 is 1.88 bits per heavy atom. The fraction of sp³-hybridized carbons (Fsp3) is 0.263. The number of anilines is 1. The summed E-state index contributed by atoms with van der Waals surface area (Å²) in [5.41, 5.74) is 1.84. The third-order valence-corrected chi connectivity index (χ3v) is 3.30. The molecular formula is C19H21NO4. The molecule has 0 aromatic heterocycles. The number of methoxy groups -OCH3 is 1. The summed E-state index contributed by atoms with van der Waals surface area (Å²) in [4.78, 5) is 23.3. The van der Waals surface area contributed by atoms with Crippen LogP contribution in [0.1, 0.15) is 29.8 Å². The molecule has 126 valence electrons. The van der Waals surface area contributed by atoms with Crippen LogP contribution in [0.4, 0.5) is 5.69 Å². The van der Waals surface area contributed by atoms with Crippen molar-refractivity contribution in [3.05, 3.63) is 53.6 Å². The first-order chi connectivity index (χ1) is 11.5. The van der Waals surface area contributed by atoms with Crippen molar-refractivity contribution in [1.29, 1.82) is 0 Å². The van der Waals surface area contributed by atoms with Crippen molar-refractivity contribution in [1.82, 2.24) is 0 Å². The summed E-state index contributed by atoms with van der Waals surface area (Å²) in [5.74, 6) is 1.10. The van der Waals surface area contributed by atoms with Gasteiger partial charge in [0.25, 0.3) is 0 Å². The largest absolute Gasteiger partial charge is 0.497 e. The zero-order chi connectivity index (χ0) is 17.5. The monoisotopic (exact) mass is 327 g/mol. The molecule has 1 N–H and O–H groups in total. The standard InChI is InChI=1S/C19H21NO4/c1-13(2)24-18-9-6-15(12-21)10-17(18)20-19(22)11-14-4-7-16(23-3)8-5-14/h4-10,12-13H,11H2,1-3H3,(H,20,22). The topological polar surface area (TPSA) is 64.6 Å². The molecule has 0 radical (unpaired) electrons. The number of carbonyl (C=O) groups is 2. The Bertz CT molecular complexity index is 708. The minimum atomic E-state index is -0.183. The molecule has 2 aromatic carbocycles. The molecule has 0 aliphatic carbocycles. The van der Waals surface area contributed by atoms with Crippen molar-refractivity contribution in [2.45, 2.75) is 26.4 Å². The van der Waals surface area contributed by atoms with Crippen LogP contribution in [0.15, 0.2) is 42.5 Å². The number of benzene rings is 2. The summed E-state index contributed by atoms with van der Waals surface area (Å²) in [6.45, 7) is 3.80. The van der Waals surface area contributed by atoms with Crippen LogP contribution < -0.4 is 14.8 Å². The van der Waals surface area contributed by atoms with Gasteiger partial charge in [0.05, 0.1) is 25.3 Å². The lowest BCUT2D eigenvalue weighted by Gasteiger charge is -2.15. The van der Waals surface area contributed by atoms with Gasteiger partial charge in [-0.15, -0.1) is 0 Å². The smallest absolute Gasteiger partial charge is 0.228 e. The second-order valence-corrected chi connectivity index (χ2v) is 5.61. The van der Waals surface area contributed by atoms with Crippen LogP contribution in [0.3, 0.4) is 0 Å². The molecule has 0 spiro atoms. The molecule has 0 saturated carbocycles. The maximum absolute atomic E-state index is 12.3. The second kappa shape index (κ2) is 8.15. The average molecular weight is 327 g/mol. The minimum Gasteiger partial charge on any atom is -0.497 e. The summed E-state index contributed by atoms with van der Waals surface area (Å²) < 4.78 is 10.8. The Hall–Kier alpha value is -2.82. The molecular weight excluding hydrogens is 306 g/mol. The fourth-order valence-electron chi connectivity index (χ4n) is 2.20. The number of rotatable bonds is 7. The molecule has 0 atom stereocenters. The molecule has 5 nitrogen and oxygen atoms in total. The first-order valence-electron chi connectivity index (χ1n) is 7.70. The number of hydrogen-bond donors (Lipinski definition) is 1. The van der Waals surface area contributed by atoms with Crippen LogP contribution in [-0.2, 0) is 11.2 Å². The fourth-order valence-corrected chi connectivity index (χ4v) is 2.20. The Labute approximate surface area is 141 Å². The number of amides is 1. The first kappa shape index (κ1) is 17.5. The highest BCUT2D eigenvalue weighted by Gasteiger charge is 2.11. The van der Waals surface area contributed by atoms with Crippen molar-refractivity contribution < 1.29 is 19.1 Å². The number of carbonyl (C=O) groups excluding carboxylic acids is 2. The SMILES string of the molecule is COc1ccc(CC(=O)Nc2cc(C=O)ccc2OC(C)C)cc1. The van der Waals surface area contributed by atoms with E-state index in [1.165, 1.54) is 0 Å². The lowest BCUT2D eigenvalue weighted by molar-refractivity contribution is -0.115. The number of hydrogen-bond acceptors (Lipinski definition) is 4.